The lowest BCUT2D eigenvalue weighted by atomic mass is 9.89. The Kier molecular flexibility index (Phi) is 3.82. The van der Waals surface area contributed by atoms with E-state index in [1.54, 1.807) is 0 Å². The van der Waals surface area contributed by atoms with Crippen LogP contribution in [0.5, 0.6) is 0 Å². The molecule has 0 spiro atoms. The predicted octanol–water partition coefficient (Wildman–Crippen LogP) is -0.425. The average molecular weight is 253 g/mol. The number of fused-ring (bicyclic) bond motifs is 2. The van der Waals surface area contributed by atoms with Gasteiger partial charge in [-0.2, -0.15) is 0 Å². The van der Waals surface area contributed by atoms with Crippen LogP contribution in [0, 0.1) is 5.92 Å². The van der Waals surface area contributed by atoms with Gasteiger partial charge < -0.3 is 15.4 Å². The molecule has 0 aliphatic carbocycles. The standard InChI is InChI=1S/C13H23N3O2/c17-13(9-16-5-3-14-4-6-16)15-8-10-7-11-1-2-12(10)18-11/h10-12,14H,1-9H2,(H,15,17). The van der Waals surface area contributed by atoms with Gasteiger partial charge in [-0.15, -0.1) is 0 Å². The first kappa shape index (κ1) is 12.4. The molecule has 0 aromatic heterocycles. The molecule has 3 fully saturated rings. The predicted molar refractivity (Wildman–Crippen MR) is 68.3 cm³/mol. The Morgan fingerprint density at radius 1 is 1.33 bits per heavy atom. The zero-order chi connectivity index (χ0) is 12.4. The Bertz CT molecular complexity index is 305. The van der Waals surface area contributed by atoms with Gasteiger partial charge in [0.25, 0.3) is 0 Å². The first-order valence-corrected chi connectivity index (χ1v) is 7.16. The molecule has 3 aliphatic heterocycles. The number of piperazine rings is 1. The molecule has 3 saturated heterocycles. The van der Waals surface area contributed by atoms with Crippen LogP contribution in [0.1, 0.15) is 19.3 Å². The largest absolute Gasteiger partial charge is 0.375 e. The van der Waals surface area contributed by atoms with Crippen molar-refractivity contribution in [2.75, 3.05) is 39.3 Å². The van der Waals surface area contributed by atoms with E-state index in [0.717, 1.165) is 39.1 Å². The van der Waals surface area contributed by atoms with Crippen molar-refractivity contribution in [1.29, 1.82) is 0 Å². The lowest BCUT2D eigenvalue weighted by Crippen LogP contribution is -2.48. The average Bonchev–Trinajstić information content (AvgIpc) is 3.00. The molecular formula is C13H23N3O2. The molecule has 3 heterocycles. The molecule has 0 aromatic rings. The molecule has 3 rings (SSSR count). The third-order valence-electron chi connectivity index (χ3n) is 4.37. The normalized spacial score (nSPS) is 35.9. The Balaban J connectivity index is 1.36. The summed E-state index contributed by atoms with van der Waals surface area (Å²) in [6, 6.07) is 0. The molecule has 0 aromatic carbocycles. The maximum atomic E-state index is 11.9. The van der Waals surface area contributed by atoms with Gasteiger partial charge >= 0.3 is 0 Å². The van der Waals surface area contributed by atoms with Crippen LogP contribution in [0.4, 0.5) is 0 Å². The van der Waals surface area contributed by atoms with E-state index in [2.05, 4.69) is 15.5 Å². The van der Waals surface area contributed by atoms with Crippen molar-refractivity contribution >= 4 is 5.91 Å². The van der Waals surface area contributed by atoms with Gasteiger partial charge in [-0.05, 0) is 19.3 Å². The van der Waals surface area contributed by atoms with Gasteiger partial charge in [-0.25, -0.2) is 0 Å². The maximum Gasteiger partial charge on any atom is 0.234 e. The second-order valence-electron chi connectivity index (χ2n) is 5.70. The summed E-state index contributed by atoms with van der Waals surface area (Å²) in [4.78, 5) is 14.1. The highest BCUT2D eigenvalue weighted by atomic mass is 16.5. The van der Waals surface area contributed by atoms with Crippen LogP contribution in [0.2, 0.25) is 0 Å². The molecule has 1 amide bonds. The number of ether oxygens (including phenoxy) is 1. The zero-order valence-electron chi connectivity index (χ0n) is 10.9. The summed E-state index contributed by atoms with van der Waals surface area (Å²) in [7, 11) is 0. The highest BCUT2D eigenvalue weighted by Gasteiger charge is 2.40. The third kappa shape index (κ3) is 2.84. The van der Waals surface area contributed by atoms with Crippen LogP contribution >= 0.6 is 0 Å². The van der Waals surface area contributed by atoms with E-state index in [4.69, 9.17) is 4.74 Å². The van der Waals surface area contributed by atoms with Crippen LogP contribution in [-0.4, -0.2) is 62.3 Å². The van der Waals surface area contributed by atoms with E-state index in [9.17, 15) is 4.79 Å². The van der Waals surface area contributed by atoms with E-state index in [1.807, 2.05) is 0 Å². The first-order valence-electron chi connectivity index (χ1n) is 7.16. The first-order chi connectivity index (χ1) is 8.81. The lowest BCUT2D eigenvalue weighted by molar-refractivity contribution is -0.122. The number of amides is 1. The second kappa shape index (κ2) is 5.55. The lowest BCUT2D eigenvalue weighted by Gasteiger charge is -2.27. The van der Waals surface area contributed by atoms with Crippen molar-refractivity contribution in [3.63, 3.8) is 0 Å². The quantitative estimate of drug-likeness (QED) is 0.714. The Morgan fingerprint density at radius 3 is 2.83 bits per heavy atom. The zero-order valence-corrected chi connectivity index (χ0v) is 10.9. The van der Waals surface area contributed by atoms with Gasteiger partial charge in [0.2, 0.25) is 5.91 Å². The van der Waals surface area contributed by atoms with Crippen molar-refractivity contribution in [3.8, 4) is 0 Å². The topological polar surface area (TPSA) is 53.6 Å². The molecule has 5 nitrogen and oxygen atoms in total. The minimum absolute atomic E-state index is 0.166. The summed E-state index contributed by atoms with van der Waals surface area (Å²) in [6.45, 7) is 5.28. The molecular weight excluding hydrogens is 230 g/mol. The minimum atomic E-state index is 0.166. The fourth-order valence-electron chi connectivity index (χ4n) is 3.33. The van der Waals surface area contributed by atoms with E-state index in [-0.39, 0.29) is 5.91 Å². The van der Waals surface area contributed by atoms with Crippen molar-refractivity contribution in [1.82, 2.24) is 15.5 Å². The van der Waals surface area contributed by atoms with Gasteiger partial charge in [0.15, 0.2) is 0 Å². The van der Waals surface area contributed by atoms with Crippen LogP contribution < -0.4 is 10.6 Å². The van der Waals surface area contributed by atoms with Crippen molar-refractivity contribution in [3.05, 3.63) is 0 Å². The van der Waals surface area contributed by atoms with E-state index in [0.29, 0.717) is 24.7 Å². The molecule has 5 heteroatoms. The second-order valence-corrected chi connectivity index (χ2v) is 5.70. The summed E-state index contributed by atoms with van der Waals surface area (Å²) >= 11 is 0. The summed E-state index contributed by atoms with van der Waals surface area (Å²) in [5, 5.41) is 6.37. The molecule has 3 unspecified atom stereocenters. The van der Waals surface area contributed by atoms with Gasteiger partial charge in [-0.1, -0.05) is 0 Å². The van der Waals surface area contributed by atoms with Crippen molar-refractivity contribution in [2.45, 2.75) is 31.5 Å². The summed E-state index contributed by atoms with van der Waals surface area (Å²) in [5.41, 5.74) is 0. The van der Waals surface area contributed by atoms with E-state index in [1.165, 1.54) is 12.8 Å². The molecule has 18 heavy (non-hydrogen) atoms. The summed E-state index contributed by atoms with van der Waals surface area (Å²) in [6.07, 6.45) is 4.43. The highest BCUT2D eigenvalue weighted by Crippen LogP contribution is 2.38. The molecule has 102 valence electrons. The summed E-state index contributed by atoms with van der Waals surface area (Å²) in [5.74, 6) is 0.718. The number of hydrogen-bond donors (Lipinski definition) is 2. The highest BCUT2D eigenvalue weighted by molar-refractivity contribution is 5.78. The van der Waals surface area contributed by atoms with Crippen molar-refractivity contribution in [2.24, 2.45) is 5.92 Å². The van der Waals surface area contributed by atoms with Crippen molar-refractivity contribution < 1.29 is 9.53 Å². The SMILES string of the molecule is O=C(CN1CCNCC1)NCC1CC2CCC1O2. The monoisotopic (exact) mass is 253 g/mol. The number of nitrogens with one attached hydrogen (secondary N) is 2. The van der Waals surface area contributed by atoms with Gasteiger partial charge in [0, 0.05) is 38.6 Å². The summed E-state index contributed by atoms with van der Waals surface area (Å²) < 4.78 is 5.80. The Labute approximate surface area is 108 Å². The number of rotatable bonds is 4. The Hall–Kier alpha value is -0.650. The van der Waals surface area contributed by atoms with Crippen LogP contribution in [-0.2, 0) is 9.53 Å². The Morgan fingerprint density at radius 2 is 2.17 bits per heavy atom. The number of nitrogens with zero attached hydrogens (tertiary/aromatic N) is 1. The third-order valence-corrected chi connectivity index (χ3v) is 4.37. The number of carbonyl (C=O) groups excluding carboxylic acids is 1. The number of hydrogen-bond acceptors (Lipinski definition) is 4. The van der Waals surface area contributed by atoms with E-state index >= 15 is 0 Å². The number of carbonyl (C=O) groups is 1. The van der Waals surface area contributed by atoms with Crippen LogP contribution in [0.25, 0.3) is 0 Å². The van der Waals surface area contributed by atoms with Gasteiger partial charge in [0.1, 0.15) is 0 Å². The fourth-order valence-corrected chi connectivity index (χ4v) is 3.33. The minimum Gasteiger partial charge on any atom is -0.375 e. The molecule has 2 bridgehead atoms. The molecule has 0 saturated carbocycles. The van der Waals surface area contributed by atoms with Crippen LogP contribution in [0.15, 0.2) is 0 Å². The fraction of sp³-hybridized carbons (Fsp3) is 0.923. The smallest absolute Gasteiger partial charge is 0.234 e. The molecule has 3 aliphatic rings. The van der Waals surface area contributed by atoms with Gasteiger partial charge in [0.05, 0.1) is 18.8 Å². The maximum absolute atomic E-state index is 11.9. The molecule has 3 atom stereocenters. The molecule has 0 radical (unpaired) electrons. The molecule has 2 N–H and O–H groups in total. The van der Waals surface area contributed by atoms with Gasteiger partial charge in [-0.3, -0.25) is 9.69 Å². The van der Waals surface area contributed by atoms with Crippen LogP contribution in [0.3, 0.4) is 0 Å². The van der Waals surface area contributed by atoms with E-state index < -0.39 is 0 Å².